The van der Waals surface area contributed by atoms with E-state index in [1.54, 1.807) is 12.3 Å². The third-order valence-electron chi connectivity index (χ3n) is 1.56. The number of aromatic amines is 1. The number of fused-ring (bicyclic) bond motifs is 1. The van der Waals surface area contributed by atoms with Crippen LogP contribution in [0.5, 0.6) is 0 Å². The summed E-state index contributed by atoms with van der Waals surface area (Å²) in [5.41, 5.74) is 0.699. The van der Waals surface area contributed by atoms with Crippen LogP contribution in [-0.4, -0.2) is 34.8 Å². The molecule has 0 aromatic carbocycles. The fourth-order valence-electron chi connectivity index (χ4n) is 0.987. The van der Waals surface area contributed by atoms with E-state index in [9.17, 15) is 4.39 Å². The number of nitrogens with one attached hydrogen (secondary N) is 1. The lowest BCUT2D eigenvalue weighted by Gasteiger charge is -1.93. The third-order valence-corrected chi connectivity index (χ3v) is 2.16. The molecule has 2 rings (SSSR count). The first-order valence-corrected chi connectivity index (χ1v) is 7.52. The average molecular weight is 379 g/mol. The first-order valence-electron chi connectivity index (χ1n) is 6.73. The van der Waals surface area contributed by atoms with Crippen LogP contribution in [0.2, 0.25) is 0 Å². The first-order chi connectivity index (χ1) is 10.6. The monoisotopic (exact) mass is 378 g/mol. The molecule has 22 heavy (non-hydrogen) atoms. The molecule has 2 aromatic rings. The van der Waals surface area contributed by atoms with Gasteiger partial charge in [0.2, 0.25) is 0 Å². The summed E-state index contributed by atoms with van der Waals surface area (Å²) in [5, 5.41) is 7.56. The van der Waals surface area contributed by atoms with E-state index in [1.165, 1.54) is 12.6 Å². The van der Waals surface area contributed by atoms with Crippen molar-refractivity contribution >= 4 is 39.4 Å². The van der Waals surface area contributed by atoms with E-state index in [1.807, 2.05) is 13.8 Å². The van der Waals surface area contributed by atoms with Gasteiger partial charge in [0.15, 0.2) is 18.4 Å². The molecule has 0 amide bonds. The molecule has 0 saturated carbocycles. The van der Waals surface area contributed by atoms with Crippen LogP contribution < -0.4 is 0 Å². The van der Waals surface area contributed by atoms with Gasteiger partial charge in [-0.25, -0.2) is 9.37 Å². The number of hydrogen-bond donors (Lipinski definition) is 2. The van der Waals surface area contributed by atoms with Gasteiger partial charge >= 0.3 is 0 Å². The number of H-pyrrole nitrogens is 1. The first kappa shape index (κ1) is 25.4. The van der Waals surface area contributed by atoms with Crippen molar-refractivity contribution in [2.24, 2.45) is 0 Å². The van der Waals surface area contributed by atoms with E-state index in [0.29, 0.717) is 15.5 Å². The number of pyridine rings is 1. The summed E-state index contributed by atoms with van der Waals surface area (Å²) in [7, 11) is 1.00. The van der Waals surface area contributed by atoms with Crippen LogP contribution in [0, 0.1) is 5.82 Å². The Morgan fingerprint density at radius 3 is 2.09 bits per heavy atom. The highest BCUT2D eigenvalue weighted by molar-refractivity contribution is 9.10. The number of rotatable bonds is 1. The van der Waals surface area contributed by atoms with Crippen LogP contribution in [0.15, 0.2) is 23.1 Å². The summed E-state index contributed by atoms with van der Waals surface area (Å²) in [4.78, 5) is 24.3. The highest BCUT2D eigenvalue weighted by Gasteiger charge is 2.04. The smallest absolute Gasteiger partial charge is 0.182 e. The normalized spacial score (nSPS) is 7.64. The van der Waals surface area contributed by atoms with Crippen LogP contribution in [0.3, 0.4) is 0 Å². The molecule has 0 aliphatic carbocycles. The summed E-state index contributed by atoms with van der Waals surface area (Å²) >= 11 is 3.20. The maximum absolute atomic E-state index is 12.9. The van der Waals surface area contributed by atoms with Gasteiger partial charge in [0.05, 0.1) is 11.7 Å². The highest BCUT2D eigenvalue weighted by atomic mass is 79.9. The Kier molecular flexibility index (Phi) is 22.4. The number of aldehydes is 2. The molecule has 2 aromatic heterocycles. The van der Waals surface area contributed by atoms with Crippen molar-refractivity contribution in [1.82, 2.24) is 9.97 Å². The Morgan fingerprint density at radius 1 is 1.27 bits per heavy atom. The number of aromatic nitrogens is 2. The summed E-state index contributed by atoms with van der Waals surface area (Å²) in [6.45, 7) is 8.25. The lowest BCUT2D eigenvalue weighted by atomic mass is 10.3. The van der Waals surface area contributed by atoms with Crippen LogP contribution in [0.1, 0.15) is 34.1 Å². The van der Waals surface area contributed by atoms with E-state index in [0.717, 1.165) is 7.11 Å². The Morgan fingerprint density at radius 2 is 1.73 bits per heavy atom. The standard InChI is InChI=1S/C7H4BrFN2.C3H8.C2H2O2.C2H6.CH4O/c8-7-6-4(1-2-10-6)5(9)3-11-7;1-3-2;3-1-2-4;2*1-2/h1-3,10H;3H2,1-2H3;1-2H;1-2H3;2H,1H3. The van der Waals surface area contributed by atoms with E-state index in [2.05, 4.69) is 39.7 Å². The molecule has 0 spiro atoms. The minimum atomic E-state index is -0.301. The fraction of sp³-hybridized carbons (Fsp3) is 0.400. The summed E-state index contributed by atoms with van der Waals surface area (Å²) in [6, 6.07) is 1.68. The van der Waals surface area contributed by atoms with Gasteiger partial charge in [0.1, 0.15) is 4.60 Å². The number of carbonyl (C=O) groups is 2. The van der Waals surface area contributed by atoms with Gasteiger partial charge < -0.3 is 10.1 Å². The van der Waals surface area contributed by atoms with E-state index in [-0.39, 0.29) is 18.4 Å². The minimum absolute atomic E-state index is 0.194. The summed E-state index contributed by atoms with van der Waals surface area (Å²) in [6.07, 6.45) is 4.51. The fourth-order valence-corrected chi connectivity index (χ4v) is 1.42. The van der Waals surface area contributed by atoms with Crippen LogP contribution in [-0.2, 0) is 9.59 Å². The topological polar surface area (TPSA) is 83.1 Å². The summed E-state index contributed by atoms with van der Waals surface area (Å²) in [5.74, 6) is -0.301. The molecular formula is C15H24BrFN2O3. The third kappa shape index (κ3) is 11.1. The van der Waals surface area contributed by atoms with Crippen molar-refractivity contribution in [2.75, 3.05) is 7.11 Å². The molecule has 0 bridgehead atoms. The van der Waals surface area contributed by atoms with Crippen molar-refractivity contribution in [3.05, 3.63) is 28.9 Å². The van der Waals surface area contributed by atoms with Crippen molar-refractivity contribution in [3.8, 4) is 0 Å². The summed E-state index contributed by atoms with van der Waals surface area (Å²) < 4.78 is 13.5. The highest BCUT2D eigenvalue weighted by Crippen LogP contribution is 2.21. The van der Waals surface area contributed by atoms with Gasteiger partial charge in [-0.3, -0.25) is 9.59 Å². The molecule has 5 nitrogen and oxygen atoms in total. The van der Waals surface area contributed by atoms with Gasteiger partial charge in [-0.05, 0) is 22.0 Å². The van der Waals surface area contributed by atoms with Gasteiger partial charge in [-0.15, -0.1) is 0 Å². The molecule has 0 aliphatic rings. The Bertz CT molecular complexity index is 462. The zero-order valence-electron chi connectivity index (χ0n) is 13.6. The Hall–Kier alpha value is -1.60. The molecule has 0 aliphatic heterocycles. The number of aliphatic hydroxyl groups is 1. The zero-order valence-corrected chi connectivity index (χ0v) is 15.1. The number of aliphatic hydroxyl groups excluding tert-OH is 1. The molecular weight excluding hydrogens is 355 g/mol. The van der Waals surface area contributed by atoms with Crippen molar-refractivity contribution in [1.29, 1.82) is 0 Å². The second kappa shape index (κ2) is 19.4. The Balaban J connectivity index is -0.000000278. The molecule has 0 unspecified atom stereocenters. The van der Waals surface area contributed by atoms with E-state index >= 15 is 0 Å². The lowest BCUT2D eigenvalue weighted by molar-refractivity contribution is -0.122. The molecule has 0 atom stereocenters. The number of hydrogen-bond acceptors (Lipinski definition) is 4. The van der Waals surface area contributed by atoms with Crippen molar-refractivity contribution in [2.45, 2.75) is 34.1 Å². The van der Waals surface area contributed by atoms with Gasteiger partial charge in [0.25, 0.3) is 0 Å². The maximum atomic E-state index is 12.9. The quantitative estimate of drug-likeness (QED) is 0.447. The van der Waals surface area contributed by atoms with Crippen molar-refractivity contribution in [3.63, 3.8) is 0 Å². The van der Waals surface area contributed by atoms with Gasteiger partial charge in [0, 0.05) is 18.7 Å². The molecule has 0 fully saturated rings. The van der Waals surface area contributed by atoms with Crippen molar-refractivity contribution < 1.29 is 19.1 Å². The lowest BCUT2D eigenvalue weighted by Crippen LogP contribution is -1.81. The molecule has 0 radical (unpaired) electrons. The average Bonchev–Trinajstić information content (AvgIpc) is 3.07. The molecule has 126 valence electrons. The molecule has 2 heterocycles. The predicted molar refractivity (Wildman–Crippen MR) is 91.3 cm³/mol. The zero-order chi connectivity index (χ0) is 18.0. The molecule has 0 saturated heterocycles. The van der Waals surface area contributed by atoms with Crippen LogP contribution >= 0.6 is 15.9 Å². The van der Waals surface area contributed by atoms with Crippen LogP contribution in [0.25, 0.3) is 10.9 Å². The second-order valence-corrected chi connectivity index (χ2v) is 3.89. The van der Waals surface area contributed by atoms with Crippen LogP contribution in [0.4, 0.5) is 4.39 Å². The van der Waals surface area contributed by atoms with E-state index in [4.69, 9.17) is 14.7 Å². The maximum Gasteiger partial charge on any atom is 0.182 e. The molecule has 7 heteroatoms. The Labute approximate surface area is 139 Å². The number of carbonyl (C=O) groups excluding carboxylic acids is 2. The molecule has 2 N–H and O–H groups in total. The second-order valence-electron chi connectivity index (χ2n) is 3.14. The SMILES string of the molecule is CC.CCC.CO.Fc1cnc(Br)c2[nH]ccc12.O=CC=O. The van der Waals surface area contributed by atoms with Gasteiger partial charge in [-0.2, -0.15) is 0 Å². The van der Waals surface area contributed by atoms with E-state index < -0.39 is 0 Å². The predicted octanol–water partition coefficient (Wildman–Crippen LogP) is 3.90. The number of halogens is 2. The minimum Gasteiger partial charge on any atom is -0.400 e. The van der Waals surface area contributed by atoms with Gasteiger partial charge in [-0.1, -0.05) is 34.1 Å². The largest absolute Gasteiger partial charge is 0.400 e. The number of nitrogens with zero attached hydrogens (tertiary/aromatic N) is 1.